The van der Waals surface area contributed by atoms with Crippen molar-refractivity contribution in [2.24, 2.45) is 0 Å². The number of nitrogens with zero attached hydrogens (tertiary/aromatic N) is 1. The van der Waals surface area contributed by atoms with E-state index in [0.29, 0.717) is 6.54 Å². The topological polar surface area (TPSA) is 45.5 Å². The molecule has 1 aromatic heterocycles. The second-order valence-electron chi connectivity index (χ2n) is 5.38. The zero-order valence-corrected chi connectivity index (χ0v) is 12.4. The molecule has 1 aromatic carbocycles. The fraction of sp³-hybridized carbons (Fsp3) is 0.353. The van der Waals surface area contributed by atoms with Crippen LogP contribution < -0.4 is 5.32 Å². The molecule has 0 saturated carbocycles. The third-order valence-electron chi connectivity index (χ3n) is 4.35. The van der Waals surface area contributed by atoms with Gasteiger partial charge in [-0.1, -0.05) is 26.0 Å². The largest absolute Gasteiger partial charge is 0.467 e. The highest BCUT2D eigenvalue weighted by molar-refractivity contribution is 6.02. The smallest absolute Gasteiger partial charge is 0.258 e. The molecular formula is C17H20N2O2. The molecule has 1 aliphatic rings. The van der Waals surface area contributed by atoms with Gasteiger partial charge in [-0.15, -0.1) is 0 Å². The Morgan fingerprint density at radius 3 is 2.57 bits per heavy atom. The zero-order chi connectivity index (χ0) is 14.9. The monoisotopic (exact) mass is 284 g/mol. The number of fused-ring (bicyclic) bond motifs is 1. The first kappa shape index (κ1) is 13.7. The summed E-state index contributed by atoms with van der Waals surface area (Å²) in [5.41, 5.74) is 1.28. The molecule has 1 aliphatic heterocycles. The Balaban J connectivity index is 2.04. The first-order valence-electron chi connectivity index (χ1n) is 7.41. The van der Waals surface area contributed by atoms with Crippen LogP contribution >= 0.6 is 0 Å². The van der Waals surface area contributed by atoms with Gasteiger partial charge in [0.15, 0.2) is 0 Å². The average Bonchev–Trinajstić information content (AvgIpc) is 3.03. The lowest BCUT2D eigenvalue weighted by Gasteiger charge is -2.47. The second-order valence-corrected chi connectivity index (χ2v) is 5.38. The predicted molar refractivity (Wildman–Crippen MR) is 82.0 cm³/mol. The van der Waals surface area contributed by atoms with Crippen molar-refractivity contribution in [3.05, 3.63) is 54.0 Å². The second kappa shape index (κ2) is 5.28. The van der Waals surface area contributed by atoms with Crippen molar-refractivity contribution >= 4 is 11.6 Å². The molecule has 110 valence electrons. The minimum Gasteiger partial charge on any atom is -0.467 e. The molecule has 4 heteroatoms. The van der Waals surface area contributed by atoms with E-state index in [1.807, 2.05) is 41.3 Å². The van der Waals surface area contributed by atoms with Crippen LogP contribution in [-0.2, 0) is 6.54 Å². The lowest BCUT2D eigenvalue weighted by molar-refractivity contribution is 0.0429. The van der Waals surface area contributed by atoms with E-state index in [9.17, 15) is 4.79 Å². The molecule has 3 rings (SSSR count). The van der Waals surface area contributed by atoms with Crippen molar-refractivity contribution in [3.63, 3.8) is 0 Å². The molecule has 1 amide bonds. The first-order valence-corrected chi connectivity index (χ1v) is 7.41. The first-order chi connectivity index (χ1) is 10.2. The summed E-state index contributed by atoms with van der Waals surface area (Å²) in [7, 11) is 0. The normalized spacial score (nSPS) is 16.5. The van der Waals surface area contributed by atoms with Crippen molar-refractivity contribution in [1.29, 1.82) is 0 Å². The number of nitrogens with one attached hydrogen (secondary N) is 1. The van der Waals surface area contributed by atoms with Gasteiger partial charge in [0.05, 0.1) is 18.4 Å². The lowest BCUT2D eigenvalue weighted by atomic mass is 9.94. The number of hydrogen-bond acceptors (Lipinski definition) is 3. The number of amides is 1. The van der Waals surface area contributed by atoms with Gasteiger partial charge in [0.25, 0.3) is 5.91 Å². The summed E-state index contributed by atoms with van der Waals surface area (Å²) in [4.78, 5) is 14.8. The molecule has 4 nitrogen and oxygen atoms in total. The van der Waals surface area contributed by atoms with Gasteiger partial charge < -0.3 is 14.6 Å². The Morgan fingerprint density at radius 2 is 1.90 bits per heavy atom. The number of carbonyl (C=O) groups excluding carboxylic acids is 1. The van der Waals surface area contributed by atoms with E-state index in [0.717, 1.165) is 29.9 Å². The van der Waals surface area contributed by atoms with E-state index < -0.39 is 0 Å². The third-order valence-corrected chi connectivity index (χ3v) is 4.35. The van der Waals surface area contributed by atoms with Crippen LogP contribution in [0.2, 0.25) is 0 Å². The molecule has 0 spiro atoms. The Bertz CT molecular complexity index is 630. The molecule has 2 heterocycles. The van der Waals surface area contributed by atoms with Crippen LogP contribution in [0.15, 0.2) is 47.1 Å². The molecule has 0 radical (unpaired) electrons. The number of para-hydroxylation sites is 1. The van der Waals surface area contributed by atoms with Gasteiger partial charge in [0.1, 0.15) is 11.4 Å². The van der Waals surface area contributed by atoms with Gasteiger partial charge in [-0.05, 0) is 37.1 Å². The third kappa shape index (κ3) is 2.20. The number of anilines is 1. The Labute approximate surface area is 124 Å². The molecule has 2 aromatic rings. The van der Waals surface area contributed by atoms with Gasteiger partial charge in [-0.2, -0.15) is 0 Å². The van der Waals surface area contributed by atoms with Crippen molar-refractivity contribution < 1.29 is 9.21 Å². The molecule has 0 aliphatic carbocycles. The van der Waals surface area contributed by atoms with Crippen LogP contribution in [-0.4, -0.2) is 16.5 Å². The van der Waals surface area contributed by atoms with Gasteiger partial charge in [0, 0.05) is 5.69 Å². The highest BCUT2D eigenvalue weighted by atomic mass is 16.3. The van der Waals surface area contributed by atoms with E-state index in [2.05, 4.69) is 19.2 Å². The quantitative estimate of drug-likeness (QED) is 0.927. The van der Waals surface area contributed by atoms with Crippen LogP contribution in [0.25, 0.3) is 0 Å². The SMILES string of the molecule is CCC1(CC)Nc2ccccc2C(=O)N1Cc1ccco1. The summed E-state index contributed by atoms with van der Waals surface area (Å²) in [6, 6.07) is 11.5. The van der Waals surface area contributed by atoms with E-state index in [-0.39, 0.29) is 11.6 Å². The van der Waals surface area contributed by atoms with Gasteiger partial charge >= 0.3 is 0 Å². The van der Waals surface area contributed by atoms with Crippen LogP contribution in [0.3, 0.4) is 0 Å². The molecule has 0 saturated heterocycles. The number of carbonyl (C=O) groups is 1. The number of rotatable bonds is 4. The summed E-state index contributed by atoms with van der Waals surface area (Å²) < 4.78 is 5.43. The minimum atomic E-state index is -0.363. The standard InChI is InChI=1S/C17H20N2O2/c1-3-17(4-2)18-15-10-6-5-9-14(15)16(20)19(17)12-13-8-7-11-21-13/h5-11,18H,3-4,12H2,1-2H3. The maximum absolute atomic E-state index is 12.9. The molecular weight excluding hydrogens is 264 g/mol. The highest BCUT2D eigenvalue weighted by Crippen LogP contribution is 2.36. The number of furan rings is 1. The van der Waals surface area contributed by atoms with Gasteiger partial charge in [0.2, 0.25) is 0 Å². The fourth-order valence-electron chi connectivity index (χ4n) is 3.03. The maximum Gasteiger partial charge on any atom is 0.258 e. The molecule has 0 fully saturated rings. The maximum atomic E-state index is 12.9. The molecule has 1 N–H and O–H groups in total. The Hall–Kier alpha value is -2.23. The van der Waals surface area contributed by atoms with E-state index in [1.165, 1.54) is 0 Å². The summed E-state index contributed by atoms with van der Waals surface area (Å²) in [5, 5.41) is 3.57. The average molecular weight is 284 g/mol. The minimum absolute atomic E-state index is 0.0597. The Kier molecular flexibility index (Phi) is 3.45. The van der Waals surface area contributed by atoms with Crippen LogP contribution in [0.5, 0.6) is 0 Å². The van der Waals surface area contributed by atoms with Crippen molar-refractivity contribution in [3.8, 4) is 0 Å². The van der Waals surface area contributed by atoms with Gasteiger partial charge in [-0.3, -0.25) is 4.79 Å². The molecule has 0 atom stereocenters. The molecule has 0 bridgehead atoms. The summed E-state index contributed by atoms with van der Waals surface area (Å²) >= 11 is 0. The van der Waals surface area contributed by atoms with Crippen LogP contribution in [0, 0.1) is 0 Å². The summed E-state index contributed by atoms with van der Waals surface area (Å²) in [5.74, 6) is 0.861. The summed E-state index contributed by atoms with van der Waals surface area (Å²) in [6.07, 6.45) is 3.32. The lowest BCUT2D eigenvalue weighted by Crippen LogP contribution is -2.58. The van der Waals surface area contributed by atoms with E-state index in [1.54, 1.807) is 6.26 Å². The van der Waals surface area contributed by atoms with Crippen LogP contribution in [0.4, 0.5) is 5.69 Å². The molecule has 0 unspecified atom stereocenters. The van der Waals surface area contributed by atoms with E-state index in [4.69, 9.17) is 4.42 Å². The van der Waals surface area contributed by atoms with Crippen molar-refractivity contribution in [2.45, 2.75) is 38.9 Å². The van der Waals surface area contributed by atoms with Gasteiger partial charge in [-0.25, -0.2) is 0 Å². The van der Waals surface area contributed by atoms with Crippen molar-refractivity contribution in [2.75, 3.05) is 5.32 Å². The number of hydrogen-bond donors (Lipinski definition) is 1. The zero-order valence-electron chi connectivity index (χ0n) is 12.4. The van der Waals surface area contributed by atoms with Crippen LogP contribution in [0.1, 0.15) is 42.8 Å². The molecule has 21 heavy (non-hydrogen) atoms. The van der Waals surface area contributed by atoms with E-state index >= 15 is 0 Å². The highest BCUT2D eigenvalue weighted by Gasteiger charge is 2.42. The number of benzene rings is 1. The fourth-order valence-corrected chi connectivity index (χ4v) is 3.03. The Morgan fingerprint density at radius 1 is 1.14 bits per heavy atom. The van der Waals surface area contributed by atoms with Crippen molar-refractivity contribution in [1.82, 2.24) is 4.90 Å². The summed E-state index contributed by atoms with van der Waals surface area (Å²) in [6.45, 7) is 4.69. The predicted octanol–water partition coefficient (Wildman–Crippen LogP) is 3.86.